The number of amides is 1. The molecule has 2 aromatic carbocycles. The molecule has 1 aliphatic carbocycles. The summed E-state index contributed by atoms with van der Waals surface area (Å²) >= 11 is 0. The summed E-state index contributed by atoms with van der Waals surface area (Å²) in [6, 6.07) is 15.2. The first-order chi connectivity index (χ1) is 13.5. The SMILES string of the molecule is CN(CC(=O)NCCc1ccc(OC(F)F)cc1)[C@H]1CCCc2ccccc21. The minimum atomic E-state index is -2.82. The van der Waals surface area contributed by atoms with Crippen LogP contribution in [-0.4, -0.2) is 37.6 Å². The van der Waals surface area contributed by atoms with Gasteiger partial charge < -0.3 is 10.1 Å². The zero-order valence-corrected chi connectivity index (χ0v) is 16.0. The molecule has 0 fully saturated rings. The lowest BCUT2D eigenvalue weighted by Gasteiger charge is -2.32. The highest BCUT2D eigenvalue weighted by atomic mass is 19.3. The number of hydrogen-bond donors (Lipinski definition) is 1. The Morgan fingerprint density at radius 3 is 2.71 bits per heavy atom. The van der Waals surface area contributed by atoms with Crippen molar-refractivity contribution in [2.45, 2.75) is 38.3 Å². The smallest absolute Gasteiger partial charge is 0.387 e. The van der Waals surface area contributed by atoms with Gasteiger partial charge in [0, 0.05) is 12.6 Å². The normalized spacial score (nSPS) is 16.1. The summed E-state index contributed by atoms with van der Waals surface area (Å²) in [5, 5.41) is 2.94. The number of fused-ring (bicyclic) bond motifs is 1. The summed E-state index contributed by atoms with van der Waals surface area (Å²) in [6.07, 6.45) is 3.94. The molecule has 0 bridgehead atoms. The van der Waals surface area contributed by atoms with Gasteiger partial charge in [-0.1, -0.05) is 36.4 Å². The van der Waals surface area contributed by atoms with Crippen molar-refractivity contribution in [1.29, 1.82) is 0 Å². The van der Waals surface area contributed by atoms with E-state index >= 15 is 0 Å². The fourth-order valence-corrected chi connectivity index (χ4v) is 3.76. The molecule has 4 nitrogen and oxygen atoms in total. The molecule has 1 atom stereocenters. The molecule has 3 rings (SSSR count). The maximum Gasteiger partial charge on any atom is 0.387 e. The number of carbonyl (C=O) groups is 1. The van der Waals surface area contributed by atoms with Gasteiger partial charge in [0.25, 0.3) is 0 Å². The first kappa shape index (κ1) is 20.3. The van der Waals surface area contributed by atoms with Crippen LogP contribution >= 0.6 is 0 Å². The lowest BCUT2D eigenvalue weighted by molar-refractivity contribution is -0.122. The zero-order chi connectivity index (χ0) is 19.9. The van der Waals surface area contributed by atoms with Crippen molar-refractivity contribution < 1.29 is 18.3 Å². The number of benzene rings is 2. The average Bonchev–Trinajstić information content (AvgIpc) is 2.68. The molecule has 0 saturated carbocycles. The number of alkyl halides is 2. The maximum atomic E-state index is 12.3. The van der Waals surface area contributed by atoms with Gasteiger partial charge in [-0.3, -0.25) is 9.69 Å². The van der Waals surface area contributed by atoms with Crippen LogP contribution in [0.25, 0.3) is 0 Å². The van der Waals surface area contributed by atoms with Crippen LogP contribution in [-0.2, 0) is 17.6 Å². The Bertz CT molecular complexity index is 780. The van der Waals surface area contributed by atoms with Crippen LogP contribution in [0.5, 0.6) is 5.75 Å². The molecular weight excluding hydrogens is 362 g/mol. The quantitative estimate of drug-likeness (QED) is 0.744. The van der Waals surface area contributed by atoms with E-state index in [0.717, 1.165) is 24.8 Å². The second-order valence-electron chi connectivity index (χ2n) is 7.14. The second kappa shape index (κ2) is 9.64. The van der Waals surface area contributed by atoms with E-state index in [1.165, 1.54) is 23.3 Å². The number of nitrogens with one attached hydrogen (secondary N) is 1. The van der Waals surface area contributed by atoms with Gasteiger partial charge >= 0.3 is 6.61 Å². The van der Waals surface area contributed by atoms with Crippen LogP contribution in [0.3, 0.4) is 0 Å². The molecule has 2 aromatic rings. The third-order valence-electron chi connectivity index (χ3n) is 5.15. The van der Waals surface area contributed by atoms with Gasteiger partial charge in [-0.25, -0.2) is 0 Å². The van der Waals surface area contributed by atoms with E-state index in [4.69, 9.17) is 0 Å². The van der Waals surface area contributed by atoms with Crippen LogP contribution < -0.4 is 10.1 Å². The Hall–Kier alpha value is -2.47. The van der Waals surface area contributed by atoms with E-state index in [2.05, 4.69) is 39.2 Å². The molecule has 0 radical (unpaired) electrons. The van der Waals surface area contributed by atoms with Crippen LogP contribution in [0, 0.1) is 0 Å². The molecule has 1 aliphatic rings. The van der Waals surface area contributed by atoms with Gasteiger partial charge in [-0.15, -0.1) is 0 Å². The first-order valence-electron chi connectivity index (χ1n) is 9.61. The van der Waals surface area contributed by atoms with E-state index in [1.807, 2.05) is 7.05 Å². The highest BCUT2D eigenvalue weighted by Gasteiger charge is 2.24. The summed E-state index contributed by atoms with van der Waals surface area (Å²) in [5.41, 5.74) is 3.66. The zero-order valence-electron chi connectivity index (χ0n) is 16.0. The van der Waals surface area contributed by atoms with Gasteiger partial charge in [0.2, 0.25) is 5.91 Å². The van der Waals surface area contributed by atoms with Crippen molar-refractivity contribution in [2.75, 3.05) is 20.1 Å². The van der Waals surface area contributed by atoms with E-state index in [-0.39, 0.29) is 17.7 Å². The van der Waals surface area contributed by atoms with Gasteiger partial charge in [0.05, 0.1) is 6.54 Å². The van der Waals surface area contributed by atoms with E-state index < -0.39 is 6.61 Å². The number of nitrogens with zero attached hydrogens (tertiary/aromatic N) is 1. The third kappa shape index (κ3) is 5.52. The Labute approximate surface area is 164 Å². The van der Waals surface area contributed by atoms with E-state index in [9.17, 15) is 13.6 Å². The molecule has 0 aliphatic heterocycles. The van der Waals surface area contributed by atoms with Crippen LogP contribution in [0.2, 0.25) is 0 Å². The highest BCUT2D eigenvalue weighted by molar-refractivity contribution is 5.78. The lowest BCUT2D eigenvalue weighted by atomic mass is 9.87. The van der Waals surface area contributed by atoms with Gasteiger partial charge in [0.15, 0.2) is 0 Å². The summed E-state index contributed by atoms with van der Waals surface area (Å²) in [7, 11) is 1.99. The monoisotopic (exact) mass is 388 g/mol. The molecule has 150 valence electrons. The van der Waals surface area contributed by atoms with Crippen LogP contribution in [0.1, 0.15) is 35.6 Å². The molecule has 0 spiro atoms. The molecule has 0 aromatic heterocycles. The number of ether oxygens (including phenoxy) is 1. The van der Waals surface area contributed by atoms with Crippen molar-refractivity contribution in [3.8, 4) is 5.75 Å². The van der Waals surface area contributed by atoms with Gasteiger partial charge in [-0.2, -0.15) is 8.78 Å². The first-order valence-corrected chi connectivity index (χ1v) is 9.61. The van der Waals surface area contributed by atoms with Gasteiger partial charge in [0.1, 0.15) is 5.75 Å². The highest BCUT2D eigenvalue weighted by Crippen LogP contribution is 2.33. The summed E-state index contributed by atoms with van der Waals surface area (Å²) in [6.45, 7) is -1.97. The number of hydrogen-bond acceptors (Lipinski definition) is 3. The minimum Gasteiger partial charge on any atom is -0.435 e. The topological polar surface area (TPSA) is 41.6 Å². The molecule has 6 heteroatoms. The Kier molecular flexibility index (Phi) is 6.98. The largest absolute Gasteiger partial charge is 0.435 e. The van der Waals surface area contributed by atoms with E-state index in [0.29, 0.717) is 19.5 Å². The number of rotatable bonds is 8. The average molecular weight is 388 g/mol. The molecule has 1 amide bonds. The number of carbonyl (C=O) groups excluding carboxylic acids is 1. The fraction of sp³-hybridized carbons (Fsp3) is 0.409. The summed E-state index contributed by atoms with van der Waals surface area (Å²) in [4.78, 5) is 14.4. The van der Waals surface area contributed by atoms with Crippen molar-refractivity contribution >= 4 is 5.91 Å². The molecular formula is C22H26F2N2O2. The molecule has 0 saturated heterocycles. The van der Waals surface area contributed by atoms with Crippen molar-refractivity contribution in [2.24, 2.45) is 0 Å². The van der Waals surface area contributed by atoms with Crippen molar-refractivity contribution in [1.82, 2.24) is 10.2 Å². The summed E-state index contributed by atoms with van der Waals surface area (Å²) < 4.78 is 28.6. The number of halogens is 2. The number of likely N-dealkylation sites (N-methyl/N-ethyl adjacent to an activating group) is 1. The molecule has 1 N–H and O–H groups in total. The predicted octanol–water partition coefficient (Wildman–Crippen LogP) is 3.96. The van der Waals surface area contributed by atoms with Crippen LogP contribution in [0.15, 0.2) is 48.5 Å². The third-order valence-corrected chi connectivity index (χ3v) is 5.15. The van der Waals surface area contributed by atoms with Crippen molar-refractivity contribution in [3.05, 3.63) is 65.2 Å². The fourth-order valence-electron chi connectivity index (χ4n) is 3.76. The van der Waals surface area contributed by atoms with Crippen molar-refractivity contribution in [3.63, 3.8) is 0 Å². The Morgan fingerprint density at radius 2 is 1.96 bits per heavy atom. The Morgan fingerprint density at radius 1 is 1.21 bits per heavy atom. The number of aryl methyl sites for hydroxylation is 1. The molecule has 0 heterocycles. The molecule has 28 heavy (non-hydrogen) atoms. The van der Waals surface area contributed by atoms with Crippen LogP contribution in [0.4, 0.5) is 8.78 Å². The minimum absolute atomic E-state index is 0.0109. The second-order valence-corrected chi connectivity index (χ2v) is 7.14. The Balaban J connectivity index is 1.44. The lowest BCUT2D eigenvalue weighted by Crippen LogP contribution is -2.38. The predicted molar refractivity (Wildman–Crippen MR) is 105 cm³/mol. The van der Waals surface area contributed by atoms with E-state index in [1.54, 1.807) is 12.1 Å². The standard InChI is InChI=1S/C22H26F2N2O2/c1-26(20-8-4-6-17-5-2-3-7-19(17)20)15-21(27)25-14-13-16-9-11-18(12-10-16)28-22(23)24/h2-3,5,7,9-12,20,22H,4,6,8,13-15H2,1H3,(H,25,27)/t20-/m0/s1. The molecule has 0 unspecified atom stereocenters. The van der Waals surface area contributed by atoms with Gasteiger partial charge in [-0.05, 0) is 61.6 Å². The maximum absolute atomic E-state index is 12.3. The summed E-state index contributed by atoms with van der Waals surface area (Å²) in [5.74, 6) is 0.125.